The van der Waals surface area contributed by atoms with E-state index in [1.54, 1.807) is 31.4 Å². The Morgan fingerprint density at radius 3 is 2.44 bits per heavy atom. The number of anilines is 2. The lowest BCUT2D eigenvalue weighted by atomic mass is 10.2. The van der Waals surface area contributed by atoms with Crippen LogP contribution in [0.25, 0.3) is 0 Å². The molecule has 0 aliphatic carbocycles. The van der Waals surface area contributed by atoms with E-state index in [-0.39, 0.29) is 17.1 Å². The summed E-state index contributed by atoms with van der Waals surface area (Å²) in [5, 5.41) is 5.47. The third-order valence-corrected chi connectivity index (χ3v) is 5.66. The second kappa shape index (κ2) is 11.2. The summed E-state index contributed by atoms with van der Waals surface area (Å²) in [6.07, 6.45) is 0. The summed E-state index contributed by atoms with van der Waals surface area (Å²) >= 11 is 1.41. The number of ether oxygens (including phenoxy) is 2. The molecule has 0 heterocycles. The molecule has 3 aromatic carbocycles. The average Bonchev–Trinajstić information content (AvgIpc) is 2.80. The third kappa shape index (κ3) is 6.28. The van der Waals surface area contributed by atoms with Crippen LogP contribution in [-0.2, 0) is 4.79 Å². The van der Waals surface area contributed by atoms with Gasteiger partial charge in [0.2, 0.25) is 5.91 Å². The van der Waals surface area contributed by atoms with Crippen molar-refractivity contribution >= 4 is 35.0 Å². The molecule has 2 amide bonds. The van der Waals surface area contributed by atoms with E-state index in [4.69, 9.17) is 9.47 Å². The van der Waals surface area contributed by atoms with Gasteiger partial charge in [0, 0.05) is 16.1 Å². The molecular formula is C25H26N2O4S. The smallest absolute Gasteiger partial charge is 0.255 e. The van der Waals surface area contributed by atoms with Gasteiger partial charge in [-0.05, 0) is 68.4 Å². The third-order valence-electron chi connectivity index (χ3n) is 4.57. The Hall–Kier alpha value is -3.45. The number of para-hydroxylation sites is 2. The Labute approximate surface area is 192 Å². The summed E-state index contributed by atoms with van der Waals surface area (Å²) in [5.41, 5.74) is 1.84. The number of rotatable bonds is 9. The predicted molar refractivity (Wildman–Crippen MR) is 129 cm³/mol. The lowest BCUT2D eigenvalue weighted by molar-refractivity contribution is -0.115. The molecule has 0 aliphatic rings. The predicted octanol–water partition coefficient (Wildman–Crippen LogP) is 5.47. The van der Waals surface area contributed by atoms with Crippen LogP contribution in [0.2, 0.25) is 0 Å². The van der Waals surface area contributed by atoms with E-state index in [1.807, 2.05) is 62.4 Å². The fourth-order valence-corrected chi connectivity index (χ4v) is 3.86. The van der Waals surface area contributed by atoms with Crippen molar-refractivity contribution in [3.8, 4) is 11.5 Å². The minimum atomic E-state index is -0.350. The van der Waals surface area contributed by atoms with Crippen LogP contribution in [0.1, 0.15) is 24.2 Å². The van der Waals surface area contributed by atoms with Gasteiger partial charge in [0.05, 0.1) is 24.7 Å². The molecule has 0 aliphatic heterocycles. The Morgan fingerprint density at radius 2 is 1.72 bits per heavy atom. The molecule has 2 N–H and O–H groups in total. The number of thioether (sulfide) groups is 1. The van der Waals surface area contributed by atoms with Crippen LogP contribution in [-0.4, -0.2) is 30.8 Å². The number of hydrogen-bond donors (Lipinski definition) is 2. The van der Waals surface area contributed by atoms with E-state index in [1.165, 1.54) is 11.8 Å². The number of carbonyl (C=O) groups excluding carboxylic acids is 2. The fraction of sp³-hybridized carbons (Fsp3) is 0.200. The van der Waals surface area contributed by atoms with Crippen molar-refractivity contribution < 1.29 is 19.1 Å². The molecule has 0 spiro atoms. The van der Waals surface area contributed by atoms with Crippen molar-refractivity contribution in [2.45, 2.75) is 24.0 Å². The zero-order valence-electron chi connectivity index (χ0n) is 18.3. The Morgan fingerprint density at radius 1 is 0.969 bits per heavy atom. The molecule has 0 radical (unpaired) electrons. The maximum Gasteiger partial charge on any atom is 0.255 e. The minimum absolute atomic E-state index is 0.130. The second-order valence-electron chi connectivity index (χ2n) is 6.89. The first-order chi connectivity index (χ1) is 15.5. The van der Waals surface area contributed by atoms with Crippen molar-refractivity contribution in [1.29, 1.82) is 0 Å². The minimum Gasteiger partial charge on any atom is -0.497 e. The standard InChI is InChI=1S/C25H26N2O4S/c1-4-31-23-11-6-5-10-22(23)27-24(28)17(2)32-21-9-7-8-19(16-21)26-25(29)18-12-14-20(30-3)15-13-18/h5-17H,4H2,1-3H3,(H,26,29)(H,27,28). The Balaban J connectivity index is 1.62. The molecule has 0 bridgehead atoms. The first-order valence-electron chi connectivity index (χ1n) is 10.2. The molecule has 32 heavy (non-hydrogen) atoms. The number of hydrogen-bond acceptors (Lipinski definition) is 5. The molecule has 0 fully saturated rings. The highest BCUT2D eigenvalue weighted by atomic mass is 32.2. The fourth-order valence-electron chi connectivity index (χ4n) is 2.94. The second-order valence-corrected chi connectivity index (χ2v) is 8.30. The number of carbonyl (C=O) groups is 2. The number of methoxy groups -OCH3 is 1. The molecule has 6 nitrogen and oxygen atoms in total. The molecule has 3 aromatic rings. The first-order valence-corrected chi connectivity index (χ1v) is 11.1. The number of benzene rings is 3. The molecular weight excluding hydrogens is 424 g/mol. The SMILES string of the molecule is CCOc1ccccc1NC(=O)C(C)Sc1cccc(NC(=O)c2ccc(OC)cc2)c1. The molecule has 3 rings (SSSR count). The van der Waals surface area contributed by atoms with Crippen LogP contribution in [0.3, 0.4) is 0 Å². The summed E-state index contributed by atoms with van der Waals surface area (Å²) in [5.74, 6) is 0.989. The summed E-state index contributed by atoms with van der Waals surface area (Å²) in [6, 6.07) is 21.7. The lowest BCUT2D eigenvalue weighted by Gasteiger charge is -2.15. The molecule has 166 valence electrons. The highest BCUT2D eigenvalue weighted by Gasteiger charge is 2.17. The van der Waals surface area contributed by atoms with Gasteiger partial charge in [-0.25, -0.2) is 0 Å². The normalized spacial score (nSPS) is 11.3. The van der Waals surface area contributed by atoms with Crippen molar-refractivity contribution in [2.24, 2.45) is 0 Å². The monoisotopic (exact) mass is 450 g/mol. The summed E-state index contributed by atoms with van der Waals surface area (Å²) < 4.78 is 10.7. The van der Waals surface area contributed by atoms with Crippen LogP contribution in [0.5, 0.6) is 11.5 Å². The molecule has 0 saturated carbocycles. The molecule has 1 atom stereocenters. The van der Waals surface area contributed by atoms with Gasteiger partial charge in [-0.3, -0.25) is 9.59 Å². The molecule has 7 heteroatoms. The van der Waals surface area contributed by atoms with Crippen molar-refractivity contribution in [3.63, 3.8) is 0 Å². The summed E-state index contributed by atoms with van der Waals surface area (Å²) in [7, 11) is 1.58. The van der Waals surface area contributed by atoms with Crippen LogP contribution in [0.4, 0.5) is 11.4 Å². The summed E-state index contributed by atoms with van der Waals surface area (Å²) in [6.45, 7) is 4.26. The van der Waals surface area contributed by atoms with E-state index in [0.29, 0.717) is 35.0 Å². The van der Waals surface area contributed by atoms with Crippen LogP contribution in [0, 0.1) is 0 Å². The van der Waals surface area contributed by atoms with Gasteiger partial charge in [-0.15, -0.1) is 11.8 Å². The van der Waals surface area contributed by atoms with Gasteiger partial charge < -0.3 is 20.1 Å². The number of nitrogens with one attached hydrogen (secondary N) is 2. The number of amides is 2. The highest BCUT2D eigenvalue weighted by Crippen LogP contribution is 2.29. The molecule has 0 aromatic heterocycles. The zero-order valence-corrected chi connectivity index (χ0v) is 19.1. The first kappa shape index (κ1) is 23.2. The topological polar surface area (TPSA) is 76.7 Å². The van der Waals surface area contributed by atoms with Gasteiger partial charge in [0.15, 0.2) is 0 Å². The Kier molecular flexibility index (Phi) is 8.16. The van der Waals surface area contributed by atoms with Gasteiger partial charge in [-0.1, -0.05) is 18.2 Å². The van der Waals surface area contributed by atoms with Gasteiger partial charge >= 0.3 is 0 Å². The quantitative estimate of drug-likeness (QED) is 0.423. The van der Waals surface area contributed by atoms with Crippen LogP contribution >= 0.6 is 11.8 Å². The largest absolute Gasteiger partial charge is 0.497 e. The van der Waals surface area contributed by atoms with E-state index in [2.05, 4.69) is 10.6 Å². The lowest BCUT2D eigenvalue weighted by Crippen LogP contribution is -2.22. The maximum absolute atomic E-state index is 12.7. The Bertz CT molecular complexity index is 1070. The highest BCUT2D eigenvalue weighted by molar-refractivity contribution is 8.00. The average molecular weight is 451 g/mol. The van der Waals surface area contributed by atoms with Gasteiger partial charge in [0.25, 0.3) is 5.91 Å². The van der Waals surface area contributed by atoms with Crippen molar-refractivity contribution in [3.05, 3.63) is 78.4 Å². The van der Waals surface area contributed by atoms with Gasteiger partial charge in [0.1, 0.15) is 11.5 Å². The maximum atomic E-state index is 12.7. The van der Waals surface area contributed by atoms with E-state index >= 15 is 0 Å². The van der Waals surface area contributed by atoms with Crippen LogP contribution in [0.15, 0.2) is 77.7 Å². The van der Waals surface area contributed by atoms with Crippen molar-refractivity contribution in [1.82, 2.24) is 0 Å². The zero-order chi connectivity index (χ0) is 22.9. The van der Waals surface area contributed by atoms with Crippen molar-refractivity contribution in [2.75, 3.05) is 24.4 Å². The van der Waals surface area contributed by atoms with E-state index in [0.717, 1.165) is 4.90 Å². The van der Waals surface area contributed by atoms with E-state index < -0.39 is 0 Å². The van der Waals surface area contributed by atoms with Crippen LogP contribution < -0.4 is 20.1 Å². The summed E-state index contributed by atoms with van der Waals surface area (Å²) in [4.78, 5) is 26.1. The molecule has 1 unspecified atom stereocenters. The van der Waals surface area contributed by atoms with Gasteiger partial charge in [-0.2, -0.15) is 0 Å². The molecule has 0 saturated heterocycles. The van der Waals surface area contributed by atoms with E-state index in [9.17, 15) is 9.59 Å².